The van der Waals surface area contributed by atoms with Gasteiger partial charge in [0.2, 0.25) is 5.91 Å². The number of imidazole rings is 1. The van der Waals surface area contributed by atoms with E-state index in [0.29, 0.717) is 17.2 Å². The molecule has 5 nitrogen and oxygen atoms in total. The number of hydrogen-bond acceptors (Lipinski definition) is 3. The van der Waals surface area contributed by atoms with Crippen LogP contribution in [0.3, 0.4) is 0 Å². The van der Waals surface area contributed by atoms with Gasteiger partial charge in [-0.25, -0.2) is 13.9 Å². The van der Waals surface area contributed by atoms with Crippen molar-refractivity contribution < 1.29 is 9.18 Å². The van der Waals surface area contributed by atoms with Crippen LogP contribution in [-0.2, 0) is 10.3 Å². The molecule has 0 unspecified atom stereocenters. The van der Waals surface area contributed by atoms with E-state index in [1.54, 1.807) is 22.7 Å². The maximum absolute atomic E-state index is 13.7. The summed E-state index contributed by atoms with van der Waals surface area (Å²) in [6, 6.07) is 26.4. The molecule has 1 fully saturated rings. The number of halogens is 2. The number of benzene rings is 3. The average Bonchev–Trinajstić information content (AvgIpc) is 3.33. The molecule has 214 valence electrons. The van der Waals surface area contributed by atoms with Crippen LogP contribution in [0, 0.1) is 11.2 Å². The molecule has 0 radical (unpaired) electrons. The Morgan fingerprint density at radius 3 is 2.24 bits per heavy atom. The van der Waals surface area contributed by atoms with Gasteiger partial charge in [0.25, 0.3) is 0 Å². The maximum Gasteiger partial charge on any atom is 0.220 e. The monoisotopic (exact) mass is 580 g/mol. The summed E-state index contributed by atoms with van der Waals surface area (Å²) in [6.45, 7) is 6.48. The molecule has 6 rings (SSSR count). The molecule has 0 aliphatic heterocycles. The SMILES string of the molecule is CC(C)(C)CCC(=O)NC1(c2ccc(-c3nc4c(-c5ccc(F)cc5)cc(Cl)nn4c3-c3ccccc3)cc2)CCC1. The van der Waals surface area contributed by atoms with E-state index < -0.39 is 0 Å². The van der Waals surface area contributed by atoms with Gasteiger partial charge in [0, 0.05) is 23.1 Å². The number of aromatic nitrogens is 3. The zero-order valence-corrected chi connectivity index (χ0v) is 24.9. The molecular formula is C35H34ClFN4O. The molecule has 7 heteroatoms. The number of carbonyl (C=O) groups is 1. The molecule has 1 aliphatic carbocycles. The Balaban J connectivity index is 1.41. The second-order valence-electron chi connectivity index (χ2n) is 12.4. The topological polar surface area (TPSA) is 59.3 Å². The van der Waals surface area contributed by atoms with E-state index in [4.69, 9.17) is 16.6 Å². The van der Waals surface area contributed by atoms with Crippen molar-refractivity contribution in [2.45, 2.75) is 58.4 Å². The highest BCUT2D eigenvalue weighted by molar-refractivity contribution is 6.29. The molecule has 5 aromatic rings. The van der Waals surface area contributed by atoms with Gasteiger partial charge >= 0.3 is 0 Å². The number of nitrogens with zero attached hydrogens (tertiary/aromatic N) is 3. The minimum atomic E-state index is -0.320. The van der Waals surface area contributed by atoms with Gasteiger partial charge in [-0.15, -0.1) is 0 Å². The van der Waals surface area contributed by atoms with Crippen LogP contribution in [0.15, 0.2) is 84.9 Å². The fourth-order valence-electron chi connectivity index (χ4n) is 5.67. The van der Waals surface area contributed by atoms with E-state index in [-0.39, 0.29) is 22.7 Å². The highest BCUT2D eigenvalue weighted by atomic mass is 35.5. The van der Waals surface area contributed by atoms with Crippen molar-refractivity contribution in [2.75, 3.05) is 0 Å². The number of amides is 1. The van der Waals surface area contributed by atoms with Crippen LogP contribution in [0.1, 0.15) is 58.4 Å². The predicted octanol–water partition coefficient (Wildman–Crippen LogP) is 8.84. The van der Waals surface area contributed by atoms with Gasteiger partial charge in [0.05, 0.1) is 11.2 Å². The first-order chi connectivity index (χ1) is 20.1. The van der Waals surface area contributed by atoms with Crippen LogP contribution in [-0.4, -0.2) is 20.5 Å². The van der Waals surface area contributed by atoms with Crippen LogP contribution >= 0.6 is 11.6 Å². The fourth-order valence-corrected chi connectivity index (χ4v) is 5.86. The molecule has 2 heterocycles. The zero-order chi connectivity index (χ0) is 29.5. The molecule has 1 saturated carbocycles. The van der Waals surface area contributed by atoms with Gasteiger partial charge in [-0.2, -0.15) is 5.10 Å². The summed E-state index contributed by atoms with van der Waals surface area (Å²) in [5.74, 6) is -0.199. The van der Waals surface area contributed by atoms with Gasteiger partial charge < -0.3 is 5.32 Å². The molecule has 0 atom stereocenters. The highest BCUT2D eigenvalue weighted by Crippen LogP contribution is 2.43. The molecule has 0 saturated heterocycles. The van der Waals surface area contributed by atoms with Crippen LogP contribution in [0.2, 0.25) is 5.15 Å². The summed E-state index contributed by atoms with van der Waals surface area (Å²) >= 11 is 6.53. The third kappa shape index (κ3) is 5.56. The smallest absolute Gasteiger partial charge is 0.220 e. The van der Waals surface area contributed by atoms with Crippen molar-refractivity contribution in [1.82, 2.24) is 19.9 Å². The Morgan fingerprint density at radius 2 is 1.62 bits per heavy atom. The number of carbonyl (C=O) groups excluding carboxylic acids is 1. The molecular weight excluding hydrogens is 547 g/mol. The normalized spacial score (nSPS) is 14.5. The van der Waals surface area contributed by atoms with Crippen molar-refractivity contribution in [2.24, 2.45) is 5.41 Å². The summed E-state index contributed by atoms with van der Waals surface area (Å²) in [7, 11) is 0. The Kier molecular flexibility index (Phi) is 7.36. The third-order valence-electron chi connectivity index (χ3n) is 8.16. The summed E-state index contributed by atoms with van der Waals surface area (Å²) in [6.07, 6.45) is 4.32. The van der Waals surface area contributed by atoms with Gasteiger partial charge in [-0.3, -0.25) is 4.79 Å². The first-order valence-corrected chi connectivity index (χ1v) is 14.8. The lowest BCUT2D eigenvalue weighted by Crippen LogP contribution is -2.50. The van der Waals surface area contributed by atoms with Crippen molar-refractivity contribution in [3.05, 3.63) is 101 Å². The van der Waals surface area contributed by atoms with Crippen molar-refractivity contribution in [1.29, 1.82) is 0 Å². The highest BCUT2D eigenvalue weighted by Gasteiger charge is 2.40. The Morgan fingerprint density at radius 1 is 0.952 bits per heavy atom. The predicted molar refractivity (Wildman–Crippen MR) is 167 cm³/mol. The molecule has 1 N–H and O–H groups in total. The molecule has 1 aliphatic rings. The van der Waals surface area contributed by atoms with Gasteiger partial charge in [-0.05, 0) is 60.4 Å². The van der Waals surface area contributed by atoms with Crippen molar-refractivity contribution in [3.8, 4) is 33.6 Å². The lowest BCUT2D eigenvalue weighted by Gasteiger charge is -2.43. The van der Waals surface area contributed by atoms with Crippen molar-refractivity contribution >= 4 is 23.2 Å². The van der Waals surface area contributed by atoms with E-state index in [0.717, 1.165) is 64.9 Å². The Bertz CT molecular complexity index is 1740. The average molecular weight is 581 g/mol. The second-order valence-corrected chi connectivity index (χ2v) is 12.8. The van der Waals surface area contributed by atoms with Gasteiger partial charge in [0.1, 0.15) is 11.5 Å². The quantitative estimate of drug-likeness (QED) is 0.209. The van der Waals surface area contributed by atoms with Crippen LogP contribution in [0.25, 0.3) is 39.3 Å². The summed E-state index contributed by atoms with van der Waals surface area (Å²) in [5.41, 5.74) is 6.56. The number of fused-ring (bicyclic) bond motifs is 1. The Hall–Kier alpha value is -4.03. The fraction of sp³-hybridized carbons (Fsp3) is 0.286. The standard InChI is InChI=1S/C35H34ClFN4O/c1-34(2,3)21-18-30(42)39-35(19-7-20-35)26-14-10-24(11-15-26)31-32(25-8-5-4-6-9-25)41-33(38-31)28(22-29(36)40-41)23-12-16-27(37)17-13-23/h4-6,8-17,22H,7,18-21H2,1-3H3,(H,39,42). The molecule has 3 aromatic carbocycles. The van der Waals surface area contributed by atoms with E-state index in [1.807, 2.05) is 30.3 Å². The first kappa shape index (κ1) is 28.1. The van der Waals surface area contributed by atoms with Crippen molar-refractivity contribution in [3.63, 3.8) is 0 Å². The van der Waals surface area contributed by atoms with E-state index >= 15 is 0 Å². The summed E-state index contributed by atoms with van der Waals surface area (Å²) in [4.78, 5) is 18.0. The molecule has 0 bridgehead atoms. The van der Waals surface area contributed by atoms with Gasteiger partial charge in [-0.1, -0.05) is 99.1 Å². The maximum atomic E-state index is 13.7. The summed E-state index contributed by atoms with van der Waals surface area (Å²) < 4.78 is 15.5. The molecule has 1 amide bonds. The largest absolute Gasteiger partial charge is 0.347 e. The molecule has 42 heavy (non-hydrogen) atoms. The van der Waals surface area contributed by atoms with Crippen LogP contribution in [0.4, 0.5) is 4.39 Å². The minimum Gasteiger partial charge on any atom is -0.347 e. The number of hydrogen-bond donors (Lipinski definition) is 1. The third-order valence-corrected chi connectivity index (χ3v) is 8.34. The van der Waals surface area contributed by atoms with Crippen LogP contribution < -0.4 is 5.32 Å². The van der Waals surface area contributed by atoms with E-state index in [2.05, 4.69) is 55.5 Å². The molecule has 2 aromatic heterocycles. The second kappa shape index (κ2) is 11.0. The zero-order valence-electron chi connectivity index (χ0n) is 24.1. The molecule has 0 spiro atoms. The first-order valence-electron chi connectivity index (χ1n) is 14.4. The van der Waals surface area contributed by atoms with E-state index in [9.17, 15) is 9.18 Å². The van der Waals surface area contributed by atoms with Gasteiger partial charge in [0.15, 0.2) is 10.8 Å². The Labute approximate surface area is 250 Å². The summed E-state index contributed by atoms with van der Waals surface area (Å²) in [5, 5.41) is 8.32. The lowest BCUT2D eigenvalue weighted by atomic mass is 9.71. The minimum absolute atomic E-state index is 0.108. The number of rotatable bonds is 7. The lowest BCUT2D eigenvalue weighted by molar-refractivity contribution is -0.124. The number of nitrogens with one attached hydrogen (secondary N) is 1. The van der Waals surface area contributed by atoms with Crippen LogP contribution in [0.5, 0.6) is 0 Å². The van der Waals surface area contributed by atoms with E-state index in [1.165, 1.54) is 12.1 Å².